The minimum absolute atomic E-state index is 0.285. The van der Waals surface area contributed by atoms with Gasteiger partial charge in [0.05, 0.1) is 6.04 Å². The molecule has 2 nitrogen and oxygen atoms in total. The van der Waals surface area contributed by atoms with E-state index in [1.54, 1.807) is 0 Å². The van der Waals surface area contributed by atoms with Gasteiger partial charge in [-0.15, -0.1) is 0 Å². The number of nitrogens with one attached hydrogen (secondary N) is 1. The summed E-state index contributed by atoms with van der Waals surface area (Å²) < 4.78 is 0. The molecule has 3 heteroatoms. The lowest BCUT2D eigenvalue weighted by Crippen LogP contribution is -2.53. The average molecular weight is 280 g/mol. The van der Waals surface area contributed by atoms with E-state index in [4.69, 9.17) is 0 Å². The molecule has 0 spiro atoms. The molecule has 1 aromatic rings. The number of hydrogen-bond donors (Lipinski definition) is 1. The third-order valence-electron chi connectivity index (χ3n) is 4.68. The molecule has 0 amide bonds. The van der Waals surface area contributed by atoms with Crippen molar-refractivity contribution in [2.45, 2.75) is 57.0 Å². The van der Waals surface area contributed by atoms with Gasteiger partial charge in [-0.25, -0.2) is 0 Å². The van der Waals surface area contributed by atoms with Crippen LogP contribution >= 0.6 is 11.3 Å². The van der Waals surface area contributed by atoms with E-state index in [0.717, 1.165) is 6.54 Å². The second-order valence-electron chi connectivity index (χ2n) is 5.96. The predicted octanol–water partition coefficient (Wildman–Crippen LogP) is 4.05. The summed E-state index contributed by atoms with van der Waals surface area (Å²) in [5.74, 6) is 0. The summed E-state index contributed by atoms with van der Waals surface area (Å²) in [7, 11) is 4.53. The first kappa shape index (κ1) is 15.0. The number of hydrogen-bond acceptors (Lipinski definition) is 3. The van der Waals surface area contributed by atoms with Crippen molar-refractivity contribution >= 4 is 11.3 Å². The van der Waals surface area contributed by atoms with E-state index in [1.807, 2.05) is 11.3 Å². The Labute approximate surface area is 122 Å². The van der Waals surface area contributed by atoms with Crippen LogP contribution in [0.5, 0.6) is 0 Å². The van der Waals surface area contributed by atoms with Gasteiger partial charge in [0.2, 0.25) is 0 Å². The van der Waals surface area contributed by atoms with Crippen molar-refractivity contribution in [2.24, 2.45) is 0 Å². The van der Waals surface area contributed by atoms with E-state index >= 15 is 0 Å². The SMILES string of the molecule is CCNC(c1ccsc1)C1(N(C)C)CCCCCC1. The van der Waals surface area contributed by atoms with Crippen LogP contribution in [0.1, 0.15) is 57.1 Å². The fourth-order valence-electron chi connectivity index (χ4n) is 3.60. The zero-order chi connectivity index (χ0) is 13.7. The molecule has 2 rings (SSSR count). The smallest absolute Gasteiger partial charge is 0.0515 e. The summed E-state index contributed by atoms with van der Waals surface area (Å²) >= 11 is 1.81. The monoisotopic (exact) mass is 280 g/mol. The van der Waals surface area contributed by atoms with E-state index in [0.29, 0.717) is 6.04 Å². The Morgan fingerprint density at radius 2 is 1.95 bits per heavy atom. The first-order chi connectivity index (χ1) is 9.20. The highest BCUT2D eigenvalue weighted by molar-refractivity contribution is 7.07. The van der Waals surface area contributed by atoms with Crippen LogP contribution in [0, 0.1) is 0 Å². The second-order valence-corrected chi connectivity index (χ2v) is 6.74. The molecule has 1 atom stereocenters. The highest BCUT2D eigenvalue weighted by Crippen LogP contribution is 2.41. The van der Waals surface area contributed by atoms with Crippen LogP contribution in [0.4, 0.5) is 0 Å². The van der Waals surface area contributed by atoms with E-state index in [1.165, 1.54) is 44.1 Å². The van der Waals surface area contributed by atoms with Gasteiger partial charge in [0.1, 0.15) is 0 Å². The summed E-state index contributed by atoms with van der Waals surface area (Å²) in [6.45, 7) is 3.26. The van der Waals surface area contributed by atoms with Crippen molar-refractivity contribution in [2.75, 3.05) is 20.6 Å². The molecule has 1 aliphatic rings. The van der Waals surface area contributed by atoms with E-state index in [2.05, 4.69) is 48.1 Å². The molecule has 1 aliphatic carbocycles. The second kappa shape index (κ2) is 6.87. The number of thiophene rings is 1. The summed E-state index contributed by atoms with van der Waals surface area (Å²) in [6.07, 6.45) is 8.16. The molecule has 1 saturated carbocycles. The highest BCUT2D eigenvalue weighted by Gasteiger charge is 2.41. The van der Waals surface area contributed by atoms with Crippen molar-refractivity contribution in [1.29, 1.82) is 0 Å². The van der Waals surface area contributed by atoms with E-state index in [9.17, 15) is 0 Å². The molecular formula is C16H28N2S. The molecule has 0 aromatic carbocycles. The summed E-state index contributed by atoms with van der Waals surface area (Å²) in [5, 5.41) is 8.30. The number of likely N-dealkylation sites (N-methyl/N-ethyl adjacent to an activating group) is 2. The minimum Gasteiger partial charge on any atom is -0.309 e. The summed E-state index contributed by atoms with van der Waals surface area (Å²) in [6, 6.07) is 2.77. The molecule has 1 aromatic heterocycles. The molecule has 19 heavy (non-hydrogen) atoms. The van der Waals surface area contributed by atoms with Crippen LogP contribution in [0.15, 0.2) is 16.8 Å². The van der Waals surface area contributed by atoms with Crippen LogP contribution in [0.3, 0.4) is 0 Å². The minimum atomic E-state index is 0.285. The van der Waals surface area contributed by atoms with Crippen molar-refractivity contribution in [3.05, 3.63) is 22.4 Å². The third kappa shape index (κ3) is 3.21. The molecular weight excluding hydrogens is 252 g/mol. The van der Waals surface area contributed by atoms with Gasteiger partial charge in [0, 0.05) is 5.54 Å². The fourth-order valence-corrected chi connectivity index (χ4v) is 4.28. The first-order valence-electron chi connectivity index (χ1n) is 7.63. The lowest BCUT2D eigenvalue weighted by molar-refractivity contribution is 0.0809. The van der Waals surface area contributed by atoms with Crippen LogP contribution in [-0.4, -0.2) is 31.1 Å². The zero-order valence-electron chi connectivity index (χ0n) is 12.6. The summed E-state index contributed by atoms with van der Waals surface area (Å²) in [5.41, 5.74) is 1.76. The normalized spacial score (nSPS) is 21.3. The zero-order valence-corrected chi connectivity index (χ0v) is 13.4. The Hall–Kier alpha value is -0.380. The number of nitrogens with zero attached hydrogens (tertiary/aromatic N) is 1. The molecule has 1 fully saturated rings. The van der Waals surface area contributed by atoms with Crippen LogP contribution in [0.2, 0.25) is 0 Å². The Bertz CT molecular complexity index is 351. The molecule has 0 radical (unpaired) electrons. The molecule has 0 aliphatic heterocycles. The van der Waals surface area contributed by atoms with Gasteiger partial charge < -0.3 is 10.2 Å². The van der Waals surface area contributed by atoms with Gasteiger partial charge in [0.25, 0.3) is 0 Å². The molecule has 108 valence electrons. The maximum Gasteiger partial charge on any atom is 0.0515 e. The van der Waals surface area contributed by atoms with Crippen molar-refractivity contribution in [3.63, 3.8) is 0 Å². The largest absolute Gasteiger partial charge is 0.309 e. The third-order valence-corrected chi connectivity index (χ3v) is 5.38. The molecule has 1 unspecified atom stereocenters. The molecule has 1 heterocycles. The van der Waals surface area contributed by atoms with Gasteiger partial charge in [-0.2, -0.15) is 11.3 Å². The maximum atomic E-state index is 3.77. The Morgan fingerprint density at radius 1 is 1.26 bits per heavy atom. The molecule has 1 N–H and O–H groups in total. The van der Waals surface area contributed by atoms with Gasteiger partial charge in [0.15, 0.2) is 0 Å². The summed E-state index contributed by atoms with van der Waals surface area (Å²) in [4.78, 5) is 2.49. The topological polar surface area (TPSA) is 15.3 Å². The lowest BCUT2D eigenvalue weighted by atomic mass is 9.78. The Balaban J connectivity index is 2.32. The van der Waals surface area contributed by atoms with Crippen LogP contribution in [0.25, 0.3) is 0 Å². The van der Waals surface area contributed by atoms with Gasteiger partial charge >= 0.3 is 0 Å². The lowest BCUT2D eigenvalue weighted by Gasteiger charge is -2.46. The molecule has 0 saturated heterocycles. The van der Waals surface area contributed by atoms with Crippen molar-refractivity contribution < 1.29 is 0 Å². The first-order valence-corrected chi connectivity index (χ1v) is 8.58. The average Bonchev–Trinajstić information content (AvgIpc) is 2.80. The highest BCUT2D eigenvalue weighted by atomic mass is 32.1. The maximum absolute atomic E-state index is 3.77. The van der Waals surface area contributed by atoms with E-state index in [-0.39, 0.29) is 5.54 Å². The quantitative estimate of drug-likeness (QED) is 0.819. The van der Waals surface area contributed by atoms with Crippen molar-refractivity contribution in [3.8, 4) is 0 Å². The number of rotatable bonds is 5. The van der Waals surface area contributed by atoms with Crippen molar-refractivity contribution in [1.82, 2.24) is 10.2 Å². The van der Waals surface area contributed by atoms with Gasteiger partial charge in [-0.05, 0) is 55.9 Å². The fraction of sp³-hybridized carbons (Fsp3) is 0.750. The van der Waals surface area contributed by atoms with Crippen LogP contribution < -0.4 is 5.32 Å². The van der Waals surface area contributed by atoms with Crippen LogP contribution in [-0.2, 0) is 0 Å². The molecule has 0 bridgehead atoms. The Morgan fingerprint density at radius 3 is 2.42 bits per heavy atom. The standard InChI is InChI=1S/C16H28N2S/c1-4-17-15(14-9-12-19-13-14)16(18(2)3)10-7-5-6-8-11-16/h9,12-13,15,17H,4-8,10-11H2,1-3H3. The van der Waals surface area contributed by atoms with Gasteiger partial charge in [-0.1, -0.05) is 32.6 Å². The predicted molar refractivity (Wildman–Crippen MR) is 84.9 cm³/mol. The Kier molecular flexibility index (Phi) is 5.43. The van der Waals surface area contributed by atoms with E-state index < -0.39 is 0 Å². The van der Waals surface area contributed by atoms with Gasteiger partial charge in [-0.3, -0.25) is 0 Å².